The summed E-state index contributed by atoms with van der Waals surface area (Å²) in [4.78, 5) is 29.9. The highest BCUT2D eigenvalue weighted by atomic mass is 35.5. The van der Waals surface area contributed by atoms with E-state index >= 15 is 0 Å². The van der Waals surface area contributed by atoms with E-state index in [1.54, 1.807) is 4.90 Å². The van der Waals surface area contributed by atoms with Crippen molar-refractivity contribution in [2.24, 2.45) is 0 Å². The number of benzene rings is 1. The summed E-state index contributed by atoms with van der Waals surface area (Å²) in [5.74, 6) is -0.676. The Morgan fingerprint density at radius 2 is 2.00 bits per heavy atom. The van der Waals surface area contributed by atoms with Gasteiger partial charge >= 0.3 is 5.97 Å². The molecule has 3 rings (SSSR count). The van der Waals surface area contributed by atoms with Gasteiger partial charge in [-0.15, -0.1) is 0 Å². The number of likely N-dealkylation sites (N-methyl/N-ethyl adjacent to an activating group) is 1. The molecule has 2 aliphatic rings. The van der Waals surface area contributed by atoms with E-state index in [4.69, 9.17) is 16.7 Å². The summed E-state index contributed by atoms with van der Waals surface area (Å²) in [5.41, 5.74) is 0.788. The van der Waals surface area contributed by atoms with Crippen LogP contribution in [0.1, 0.15) is 25.7 Å². The number of anilines is 1. The molecule has 0 aliphatic carbocycles. The number of carboxylic acid groups (broad SMARTS) is 1. The maximum Gasteiger partial charge on any atom is 0.317 e. The molecule has 2 unspecified atom stereocenters. The van der Waals surface area contributed by atoms with E-state index in [0.29, 0.717) is 11.6 Å². The number of carboxylic acids is 1. The molecule has 1 N–H and O–H groups in total. The molecule has 2 atom stereocenters. The molecule has 1 aromatic rings. The van der Waals surface area contributed by atoms with Gasteiger partial charge in [-0.3, -0.25) is 19.4 Å². The quantitative estimate of drug-likeness (QED) is 0.850. The molecule has 0 aromatic heterocycles. The van der Waals surface area contributed by atoms with Gasteiger partial charge in [0.05, 0.1) is 23.3 Å². The summed E-state index contributed by atoms with van der Waals surface area (Å²) in [6, 6.07) is 7.62. The maximum atomic E-state index is 13.0. The minimum absolute atomic E-state index is 0.0628. The summed E-state index contributed by atoms with van der Waals surface area (Å²) in [6.07, 6.45) is 3.64. The largest absolute Gasteiger partial charge is 0.480 e. The number of rotatable bonds is 5. The number of carbonyl (C=O) groups excluding carboxylic acids is 1. The number of para-hydroxylation sites is 1. The molecule has 2 heterocycles. The van der Waals surface area contributed by atoms with Crippen molar-refractivity contribution in [2.45, 2.75) is 37.8 Å². The molecular formula is C19H26ClN3O3. The van der Waals surface area contributed by atoms with Gasteiger partial charge in [0.25, 0.3) is 0 Å². The van der Waals surface area contributed by atoms with E-state index < -0.39 is 5.97 Å². The van der Waals surface area contributed by atoms with Crippen molar-refractivity contribution in [3.63, 3.8) is 0 Å². The van der Waals surface area contributed by atoms with Gasteiger partial charge in [0.2, 0.25) is 5.91 Å². The molecule has 2 fully saturated rings. The number of hydrogen-bond acceptors (Lipinski definition) is 4. The molecule has 26 heavy (non-hydrogen) atoms. The average molecular weight is 380 g/mol. The standard InChI is InChI=1S/C19H26ClN3O3/c1-21(13-18(24)25)14-5-4-10-22(11-8-14)17-9-12-23(19(17)26)16-7-3-2-6-15(16)20/h2-3,6-7,14,17H,4-5,8-13H2,1H3,(H,24,25). The second-order valence-electron chi connectivity index (χ2n) is 7.18. The predicted molar refractivity (Wildman–Crippen MR) is 102 cm³/mol. The van der Waals surface area contributed by atoms with Crippen LogP contribution in [-0.4, -0.2) is 72.1 Å². The predicted octanol–water partition coefficient (Wildman–Crippen LogP) is 2.32. The van der Waals surface area contributed by atoms with Crippen molar-refractivity contribution in [3.8, 4) is 0 Å². The van der Waals surface area contributed by atoms with Gasteiger partial charge in [0.1, 0.15) is 0 Å². The first-order valence-electron chi connectivity index (χ1n) is 9.19. The molecule has 2 saturated heterocycles. The Bertz CT molecular complexity index is 669. The molecule has 1 amide bonds. The van der Waals surface area contributed by atoms with Crippen molar-refractivity contribution in [2.75, 3.05) is 38.1 Å². The number of likely N-dealkylation sites (tertiary alicyclic amines) is 1. The molecular weight excluding hydrogens is 354 g/mol. The van der Waals surface area contributed by atoms with Crippen molar-refractivity contribution >= 4 is 29.2 Å². The van der Waals surface area contributed by atoms with Crippen LogP contribution in [0.3, 0.4) is 0 Å². The van der Waals surface area contributed by atoms with E-state index in [1.165, 1.54) is 0 Å². The number of amides is 1. The summed E-state index contributed by atoms with van der Waals surface area (Å²) in [6.45, 7) is 2.45. The molecule has 0 spiro atoms. The van der Waals surface area contributed by atoms with Gasteiger partial charge in [0.15, 0.2) is 0 Å². The SMILES string of the molecule is CN(CC(=O)O)C1CCCN(C2CCN(c3ccccc3Cl)C2=O)CC1. The van der Waals surface area contributed by atoms with Gasteiger partial charge < -0.3 is 10.0 Å². The lowest BCUT2D eigenvalue weighted by molar-refractivity contribution is -0.138. The van der Waals surface area contributed by atoms with Crippen LogP contribution in [0.2, 0.25) is 5.02 Å². The zero-order valence-electron chi connectivity index (χ0n) is 15.1. The topological polar surface area (TPSA) is 64.1 Å². The third kappa shape index (κ3) is 4.19. The Kier molecular flexibility index (Phi) is 6.16. The van der Waals surface area contributed by atoms with Gasteiger partial charge in [-0.1, -0.05) is 23.7 Å². The van der Waals surface area contributed by atoms with Crippen molar-refractivity contribution < 1.29 is 14.7 Å². The third-order valence-corrected chi connectivity index (χ3v) is 5.82. The lowest BCUT2D eigenvalue weighted by atomic mass is 10.1. The molecule has 6 nitrogen and oxygen atoms in total. The summed E-state index contributed by atoms with van der Waals surface area (Å²) in [7, 11) is 1.87. The maximum absolute atomic E-state index is 13.0. The van der Waals surface area contributed by atoms with Gasteiger partial charge in [-0.2, -0.15) is 0 Å². The fourth-order valence-corrected chi connectivity index (χ4v) is 4.35. The highest BCUT2D eigenvalue weighted by Gasteiger charge is 2.38. The molecule has 2 aliphatic heterocycles. The highest BCUT2D eigenvalue weighted by molar-refractivity contribution is 6.33. The van der Waals surface area contributed by atoms with E-state index in [-0.39, 0.29) is 24.5 Å². The second kappa shape index (κ2) is 8.37. The monoisotopic (exact) mass is 379 g/mol. The van der Waals surface area contributed by atoms with Crippen LogP contribution < -0.4 is 4.90 Å². The molecule has 0 bridgehead atoms. The molecule has 142 valence electrons. The van der Waals surface area contributed by atoms with Gasteiger partial charge in [-0.05, 0) is 51.4 Å². The minimum atomic E-state index is -0.796. The first-order chi connectivity index (χ1) is 12.5. The Labute approximate surface area is 159 Å². The van der Waals surface area contributed by atoms with Crippen molar-refractivity contribution in [1.29, 1.82) is 0 Å². The van der Waals surface area contributed by atoms with Crippen LogP contribution in [-0.2, 0) is 9.59 Å². The van der Waals surface area contributed by atoms with E-state index in [2.05, 4.69) is 4.90 Å². The average Bonchev–Trinajstić information content (AvgIpc) is 2.82. The Morgan fingerprint density at radius 3 is 2.73 bits per heavy atom. The first kappa shape index (κ1) is 19.1. The molecule has 1 aromatic carbocycles. The van der Waals surface area contributed by atoms with Crippen LogP contribution in [0.4, 0.5) is 5.69 Å². The third-order valence-electron chi connectivity index (χ3n) is 5.50. The van der Waals surface area contributed by atoms with Crippen molar-refractivity contribution in [1.82, 2.24) is 9.80 Å². The summed E-state index contributed by atoms with van der Waals surface area (Å²) < 4.78 is 0. The first-order valence-corrected chi connectivity index (χ1v) is 9.57. The van der Waals surface area contributed by atoms with Crippen LogP contribution >= 0.6 is 11.6 Å². The normalized spacial score (nSPS) is 24.9. The van der Waals surface area contributed by atoms with Gasteiger partial charge in [-0.25, -0.2) is 0 Å². The minimum Gasteiger partial charge on any atom is -0.480 e. The summed E-state index contributed by atoms with van der Waals surface area (Å²) >= 11 is 6.26. The van der Waals surface area contributed by atoms with Gasteiger partial charge in [0, 0.05) is 19.1 Å². The van der Waals surface area contributed by atoms with E-state index in [9.17, 15) is 9.59 Å². The lowest BCUT2D eigenvalue weighted by Gasteiger charge is -2.28. The Hall–Kier alpha value is -1.63. The lowest BCUT2D eigenvalue weighted by Crippen LogP contribution is -2.43. The van der Waals surface area contributed by atoms with Crippen molar-refractivity contribution in [3.05, 3.63) is 29.3 Å². The smallest absolute Gasteiger partial charge is 0.317 e. The fourth-order valence-electron chi connectivity index (χ4n) is 4.11. The molecule has 0 saturated carbocycles. The zero-order chi connectivity index (χ0) is 18.7. The molecule has 0 radical (unpaired) electrons. The van der Waals surface area contributed by atoms with Crippen LogP contribution in [0, 0.1) is 0 Å². The van der Waals surface area contributed by atoms with Crippen LogP contribution in [0.5, 0.6) is 0 Å². The number of hydrogen-bond donors (Lipinski definition) is 1. The number of halogens is 1. The second-order valence-corrected chi connectivity index (χ2v) is 7.58. The van der Waals surface area contributed by atoms with E-state index in [0.717, 1.165) is 44.5 Å². The van der Waals surface area contributed by atoms with Crippen LogP contribution in [0.25, 0.3) is 0 Å². The number of carbonyl (C=O) groups is 2. The Morgan fingerprint density at radius 1 is 1.23 bits per heavy atom. The Balaban J connectivity index is 1.63. The van der Waals surface area contributed by atoms with Crippen LogP contribution in [0.15, 0.2) is 24.3 Å². The zero-order valence-corrected chi connectivity index (χ0v) is 15.9. The number of nitrogens with zero attached hydrogens (tertiary/aromatic N) is 3. The van der Waals surface area contributed by atoms with E-state index in [1.807, 2.05) is 36.2 Å². The fraction of sp³-hybridized carbons (Fsp3) is 0.579. The number of aliphatic carboxylic acids is 1. The highest BCUT2D eigenvalue weighted by Crippen LogP contribution is 2.31. The molecule has 7 heteroatoms. The summed E-state index contributed by atoms with van der Waals surface area (Å²) in [5, 5.41) is 9.60.